The molecule has 51 heavy (non-hydrogen) atoms. The molecule has 0 aliphatic carbocycles. The van der Waals surface area contributed by atoms with Gasteiger partial charge in [0, 0.05) is 35.9 Å². The van der Waals surface area contributed by atoms with Crippen LogP contribution in [0.3, 0.4) is 0 Å². The van der Waals surface area contributed by atoms with E-state index in [0.29, 0.717) is 27.5 Å². The molecule has 2 N–H and O–H groups in total. The Kier molecular flexibility index (Phi) is 11.0. The van der Waals surface area contributed by atoms with E-state index in [1.165, 1.54) is 18.0 Å². The lowest BCUT2D eigenvalue weighted by Gasteiger charge is -2.41. The highest BCUT2D eigenvalue weighted by Crippen LogP contribution is 2.43. The highest BCUT2D eigenvalue weighted by atomic mass is 32.2. The molecule has 6 rings (SSSR count). The molecular weight excluding hydrogens is 691 g/mol. The molecule has 0 radical (unpaired) electrons. The first-order valence-corrected chi connectivity index (χ1v) is 16.8. The fraction of sp³-hybridized carbons (Fsp3) is 0.211. The summed E-state index contributed by atoms with van der Waals surface area (Å²) in [5, 5.41) is 24.6. The first-order chi connectivity index (χ1) is 24.5. The molecule has 4 atom stereocenters. The predicted molar refractivity (Wildman–Crippen MR) is 178 cm³/mol. The number of thioether (sulfide) groups is 1. The van der Waals surface area contributed by atoms with E-state index in [2.05, 4.69) is 5.32 Å². The number of benzene rings is 4. The monoisotopic (exact) mass is 722 g/mol. The molecule has 2 heterocycles. The Balaban J connectivity index is 1.23. The maximum Gasteiger partial charge on any atom is 0.257 e. The molecule has 1 aliphatic heterocycles. The number of carbonyl (C=O) groups is 1. The van der Waals surface area contributed by atoms with Crippen LogP contribution in [0.2, 0.25) is 0 Å². The van der Waals surface area contributed by atoms with Crippen LogP contribution < -0.4 is 10.0 Å². The van der Waals surface area contributed by atoms with E-state index in [1.54, 1.807) is 36.4 Å². The topological polar surface area (TPSA) is 94.7 Å². The summed E-state index contributed by atoms with van der Waals surface area (Å²) in [4.78, 5) is 12.5. The fourth-order valence-corrected chi connectivity index (χ4v) is 6.88. The van der Waals surface area contributed by atoms with Gasteiger partial charge in [0.25, 0.3) is 10.9 Å². The molecule has 0 unspecified atom stereocenters. The van der Waals surface area contributed by atoms with E-state index in [4.69, 9.17) is 9.47 Å². The molecule has 13 heteroatoms. The van der Waals surface area contributed by atoms with Gasteiger partial charge in [-0.05, 0) is 46.0 Å². The number of amides is 1. The van der Waals surface area contributed by atoms with Gasteiger partial charge in [-0.2, -0.15) is 4.73 Å². The van der Waals surface area contributed by atoms with Crippen LogP contribution in [-0.4, -0.2) is 22.9 Å². The Morgan fingerprint density at radius 1 is 0.804 bits per heavy atom. The second kappa shape index (κ2) is 15.6. The standard InChI is InChI=1S/C38H31F5N2O5S/c1-21-28(20-51-29-10-2-3-15-45(29)48)49-38(50-36(21)24-13-11-22(19-46)12-14-24)27-9-5-8-26(17-27)25-7-4-6-23(16-25)18-44-37(47)30-31(39)33(41)35(43)34(42)32(30)40/h2-17,21,28,36,38,46H,18-20H2,1H3,(H,44,47)/t21-,28+,36+,38+/m0/s1. The van der Waals surface area contributed by atoms with Crippen molar-refractivity contribution in [3.05, 3.63) is 159 Å². The Morgan fingerprint density at radius 2 is 1.47 bits per heavy atom. The number of halogens is 5. The number of hydrogen-bond acceptors (Lipinski definition) is 6. The van der Waals surface area contributed by atoms with E-state index < -0.39 is 46.8 Å². The summed E-state index contributed by atoms with van der Waals surface area (Å²) in [6.45, 7) is 1.67. The number of pyridine rings is 1. The van der Waals surface area contributed by atoms with Crippen molar-refractivity contribution < 1.29 is 46.1 Å². The molecule has 0 bridgehead atoms. The summed E-state index contributed by atoms with van der Waals surface area (Å²) < 4.78 is 83.0. The second-order valence-electron chi connectivity index (χ2n) is 12.0. The average molecular weight is 723 g/mol. The molecule has 7 nitrogen and oxygen atoms in total. The van der Waals surface area contributed by atoms with Crippen molar-refractivity contribution in [1.29, 1.82) is 0 Å². The average Bonchev–Trinajstić information content (AvgIpc) is 3.16. The summed E-state index contributed by atoms with van der Waals surface area (Å²) in [7, 11) is 0. The van der Waals surface area contributed by atoms with Gasteiger partial charge in [0.05, 0.1) is 18.8 Å². The zero-order valence-electron chi connectivity index (χ0n) is 27.0. The van der Waals surface area contributed by atoms with Crippen LogP contribution in [0.4, 0.5) is 22.0 Å². The number of aromatic nitrogens is 1. The molecular formula is C38H31F5N2O5S. The van der Waals surface area contributed by atoms with Crippen molar-refractivity contribution in [2.75, 3.05) is 5.75 Å². The first kappa shape index (κ1) is 36.0. The lowest BCUT2D eigenvalue weighted by atomic mass is 9.91. The summed E-state index contributed by atoms with van der Waals surface area (Å²) >= 11 is 1.38. The van der Waals surface area contributed by atoms with Gasteiger partial charge in [-0.25, -0.2) is 22.0 Å². The number of aliphatic hydroxyl groups excluding tert-OH is 1. The largest absolute Gasteiger partial charge is 0.618 e. The number of rotatable bonds is 10. The van der Waals surface area contributed by atoms with Crippen LogP contribution in [0.15, 0.2) is 102 Å². The Bertz CT molecular complexity index is 2020. The van der Waals surface area contributed by atoms with Crippen LogP contribution in [-0.2, 0) is 22.6 Å². The molecule has 0 spiro atoms. The van der Waals surface area contributed by atoms with Crippen molar-refractivity contribution in [3.63, 3.8) is 0 Å². The van der Waals surface area contributed by atoms with Crippen molar-refractivity contribution >= 4 is 17.7 Å². The second-order valence-corrected chi connectivity index (χ2v) is 13.0. The van der Waals surface area contributed by atoms with E-state index in [9.17, 15) is 37.1 Å². The van der Waals surface area contributed by atoms with Crippen LogP contribution in [0.25, 0.3) is 11.1 Å². The van der Waals surface area contributed by atoms with Crippen molar-refractivity contribution in [2.45, 2.75) is 43.6 Å². The molecule has 264 valence electrons. The van der Waals surface area contributed by atoms with Gasteiger partial charge >= 0.3 is 0 Å². The number of aliphatic hydroxyl groups is 1. The quantitative estimate of drug-likeness (QED) is 0.0384. The third-order valence-corrected chi connectivity index (χ3v) is 9.72. The van der Waals surface area contributed by atoms with Crippen LogP contribution >= 0.6 is 11.8 Å². The molecule has 1 aliphatic rings. The molecule has 5 aromatic rings. The number of carbonyl (C=O) groups excluding carboxylic acids is 1. The number of hydrogen-bond donors (Lipinski definition) is 2. The Labute approximate surface area is 294 Å². The highest BCUT2D eigenvalue weighted by Gasteiger charge is 2.39. The molecule has 1 fully saturated rings. The van der Waals surface area contributed by atoms with Gasteiger partial charge in [-0.3, -0.25) is 4.79 Å². The minimum atomic E-state index is -2.35. The van der Waals surface area contributed by atoms with Crippen molar-refractivity contribution in [3.8, 4) is 11.1 Å². The lowest BCUT2D eigenvalue weighted by Crippen LogP contribution is -2.39. The van der Waals surface area contributed by atoms with Crippen LogP contribution in [0.1, 0.15) is 51.9 Å². The van der Waals surface area contributed by atoms with Gasteiger partial charge in [-0.1, -0.05) is 79.3 Å². The predicted octanol–water partition coefficient (Wildman–Crippen LogP) is 7.69. The van der Waals surface area contributed by atoms with Gasteiger partial charge in [0.2, 0.25) is 5.82 Å². The van der Waals surface area contributed by atoms with Gasteiger partial charge in [0.1, 0.15) is 5.56 Å². The SMILES string of the molecule is C[C@H]1[C@@H](CSc2cccc[n+]2[O-])O[C@@H](c2cccc(-c3cccc(CNC(=O)c4c(F)c(F)c(F)c(F)c4F)c3)c2)O[C@H]1c1ccc(CO)cc1. The van der Waals surface area contributed by atoms with Gasteiger partial charge in [0.15, 0.2) is 35.8 Å². The normalized spacial score (nSPS) is 18.8. The van der Waals surface area contributed by atoms with E-state index in [-0.39, 0.29) is 31.3 Å². The van der Waals surface area contributed by atoms with Crippen LogP contribution in [0.5, 0.6) is 0 Å². The van der Waals surface area contributed by atoms with Crippen molar-refractivity contribution in [2.24, 2.45) is 5.92 Å². The highest BCUT2D eigenvalue weighted by molar-refractivity contribution is 7.99. The minimum absolute atomic E-state index is 0.0929. The maximum absolute atomic E-state index is 14.2. The zero-order chi connectivity index (χ0) is 36.2. The van der Waals surface area contributed by atoms with E-state index in [0.717, 1.165) is 21.4 Å². The third-order valence-electron chi connectivity index (χ3n) is 8.62. The number of nitrogens with zero attached hydrogens (tertiary/aromatic N) is 1. The molecule has 1 saturated heterocycles. The smallest absolute Gasteiger partial charge is 0.257 e. The third kappa shape index (κ3) is 7.76. The van der Waals surface area contributed by atoms with Crippen LogP contribution in [0, 0.1) is 40.2 Å². The maximum atomic E-state index is 14.2. The Hall–Kier alpha value is -4.82. The summed E-state index contributed by atoms with van der Waals surface area (Å²) in [6, 6.07) is 27.0. The molecule has 1 aromatic heterocycles. The zero-order valence-corrected chi connectivity index (χ0v) is 27.8. The van der Waals surface area contributed by atoms with Crippen molar-refractivity contribution in [1.82, 2.24) is 5.32 Å². The molecule has 4 aromatic carbocycles. The molecule has 1 amide bonds. The van der Waals surface area contributed by atoms with E-state index >= 15 is 0 Å². The number of ether oxygens (including phenoxy) is 2. The summed E-state index contributed by atoms with van der Waals surface area (Å²) in [5.41, 5.74) is 2.75. The Morgan fingerprint density at radius 3 is 2.16 bits per heavy atom. The van der Waals surface area contributed by atoms with Gasteiger partial charge < -0.3 is 25.1 Å². The molecule has 0 saturated carbocycles. The minimum Gasteiger partial charge on any atom is -0.618 e. The number of nitrogens with one attached hydrogen (secondary N) is 1. The lowest BCUT2D eigenvalue weighted by molar-refractivity contribution is -0.645. The summed E-state index contributed by atoms with van der Waals surface area (Å²) in [5.74, 6) is -12.3. The van der Waals surface area contributed by atoms with Gasteiger partial charge in [-0.15, -0.1) is 0 Å². The summed E-state index contributed by atoms with van der Waals surface area (Å²) in [6.07, 6.45) is -0.0733. The first-order valence-electron chi connectivity index (χ1n) is 15.9. The fourth-order valence-electron chi connectivity index (χ4n) is 5.80. The van der Waals surface area contributed by atoms with E-state index in [1.807, 2.05) is 61.5 Å².